The maximum absolute atomic E-state index is 12.9. The Labute approximate surface area is 526 Å². The number of aliphatic carboxylic acids is 1. The predicted octanol–water partition coefficient (Wildman–Crippen LogP) is -17.0. The van der Waals surface area contributed by atoms with Gasteiger partial charge in [0.25, 0.3) is 5.79 Å². The third-order valence-electron chi connectivity index (χ3n) is 16.3. The molecule has 0 saturated carbocycles. The Morgan fingerprint density at radius 1 is 0.462 bits per heavy atom. The number of amides is 3. The summed E-state index contributed by atoms with van der Waals surface area (Å²) in [7, 11) is 0. The average molecular weight is 1370 g/mol. The molecule has 42 heteroatoms. The van der Waals surface area contributed by atoms with Crippen molar-refractivity contribution in [3.8, 4) is 0 Å². The highest BCUT2D eigenvalue weighted by Crippen LogP contribution is 2.38. The molecular formula is C51H87N3O39. The molecule has 6 fully saturated rings. The van der Waals surface area contributed by atoms with E-state index >= 15 is 0 Å². The quantitative estimate of drug-likeness (QED) is 0.0331. The van der Waals surface area contributed by atoms with Crippen LogP contribution in [0.15, 0.2) is 0 Å². The molecule has 6 rings (SSSR count). The van der Waals surface area contributed by atoms with Crippen molar-refractivity contribution in [1.29, 1.82) is 0 Å². The van der Waals surface area contributed by atoms with Crippen molar-refractivity contribution in [2.75, 3.05) is 52.9 Å². The number of hydrogen-bond acceptors (Lipinski definition) is 38. The highest BCUT2D eigenvalue weighted by Gasteiger charge is 2.60. The summed E-state index contributed by atoms with van der Waals surface area (Å²) in [4.78, 5) is 50.4. The van der Waals surface area contributed by atoms with Crippen molar-refractivity contribution < 1.29 is 193 Å². The SMILES string of the molecule is CC(=O)N[C@H]1[C@H](OC[C@H]2O[C@@H](O[C@@H]([C@H](O)[C@@H](O)CO)[C@H](O)CO)[C@H](O)[C@@H](O[C@@H]3O[C@H](CO)[C@@H](O[C@@H]4O[C@H](CO[C@]5(C(=O)O)C[C@H](O)[C@@H](NC(C)=O)[C@H]([C@H](O)[C@H](O)CO)O5)[C@H](O)[C@H](O)[C@H]4O)[C@H](O)[C@H]3NC(C)=O)[C@H]2O)O[C@H](CO)[C@@H](O[C@@H]2O[C@H](CO)[C@H](O)[C@H](O)[C@H]2O)[C@@H]1O. The minimum atomic E-state index is -3.04. The molecule has 0 bridgehead atoms. The number of hydrogen-bond donors (Lipinski definition) is 26. The van der Waals surface area contributed by atoms with E-state index in [0.29, 0.717) is 0 Å². The standard InChI is InChI=1S/C51H87N3O39/c1-13(61)52-25-16(64)4-51(50(80)81,93-43(25)29(69)18(66)6-56)83-12-24-31(71)36(76)38(78)48(88-24)91-42-22(10-60)86-46(27(34(42)74)54-15(3)63)92-44-32(72)23(87-49(39(44)79)89-40(19(67)7-57)28(68)17(65)5-55)11-82-45-26(53-14(2)62)33(73)41(21(9-59)85-45)90-47-37(77)35(75)30(70)20(8-58)84-47/h16-49,55-60,64-79H,4-12H2,1-3H3,(H,52,61)(H,53,62)(H,54,63)(H,80,81)/t16-,17-,18+,19+,20+,21+,22+,23+,24+,25+,26+,27+,28+,29+,30-,31-,32-,33+,34+,35-,36-,37+,38+,39+,40+,41+,42+,43+,44-,45+,46-,47-,48-,49-,51+/m0/s1. The van der Waals surface area contributed by atoms with Crippen LogP contribution >= 0.6 is 0 Å². The van der Waals surface area contributed by atoms with Gasteiger partial charge in [-0.15, -0.1) is 0 Å². The molecule has 6 aliphatic rings. The second kappa shape index (κ2) is 34.3. The maximum Gasteiger partial charge on any atom is 0.364 e. The van der Waals surface area contributed by atoms with Gasteiger partial charge in [0.2, 0.25) is 17.7 Å². The van der Waals surface area contributed by atoms with Crippen LogP contribution in [0.2, 0.25) is 0 Å². The molecule has 26 N–H and O–H groups in total. The van der Waals surface area contributed by atoms with Crippen LogP contribution < -0.4 is 16.0 Å². The molecule has 540 valence electrons. The molecule has 0 unspecified atom stereocenters. The first-order valence-electron chi connectivity index (χ1n) is 29.2. The zero-order valence-corrected chi connectivity index (χ0v) is 49.8. The fraction of sp³-hybridized carbons (Fsp3) is 0.922. The number of aliphatic hydroxyl groups is 22. The van der Waals surface area contributed by atoms with Crippen LogP contribution in [0.4, 0.5) is 0 Å². The lowest BCUT2D eigenvalue weighted by Gasteiger charge is -2.50. The summed E-state index contributed by atoms with van der Waals surface area (Å²) in [5.41, 5.74) is 0. The first-order valence-corrected chi connectivity index (χ1v) is 29.2. The van der Waals surface area contributed by atoms with E-state index in [0.717, 1.165) is 20.8 Å². The summed E-state index contributed by atoms with van der Waals surface area (Å²) in [6.07, 6.45) is -65.8. The van der Waals surface area contributed by atoms with E-state index in [1.165, 1.54) is 0 Å². The molecule has 6 aliphatic heterocycles. The summed E-state index contributed by atoms with van der Waals surface area (Å²) >= 11 is 0. The van der Waals surface area contributed by atoms with E-state index in [-0.39, 0.29) is 0 Å². The number of carbonyl (C=O) groups is 4. The minimum Gasteiger partial charge on any atom is -0.477 e. The molecule has 93 heavy (non-hydrogen) atoms. The van der Waals surface area contributed by atoms with Crippen LogP contribution in [0.3, 0.4) is 0 Å². The van der Waals surface area contributed by atoms with Gasteiger partial charge in [-0.25, -0.2) is 4.79 Å². The fourth-order valence-corrected chi connectivity index (χ4v) is 11.3. The van der Waals surface area contributed by atoms with E-state index in [9.17, 15) is 137 Å². The number of rotatable bonds is 29. The molecule has 6 saturated heterocycles. The topological polar surface area (TPSA) is 680 Å². The summed E-state index contributed by atoms with van der Waals surface area (Å²) in [5, 5.41) is 254. The van der Waals surface area contributed by atoms with Crippen molar-refractivity contribution >= 4 is 23.7 Å². The van der Waals surface area contributed by atoms with Crippen LogP contribution in [0, 0.1) is 0 Å². The van der Waals surface area contributed by atoms with Gasteiger partial charge in [0.05, 0.1) is 65.0 Å². The van der Waals surface area contributed by atoms with E-state index < -0.39 is 297 Å². The van der Waals surface area contributed by atoms with Crippen LogP contribution in [0.1, 0.15) is 27.2 Å². The molecule has 3 amide bonds. The third kappa shape index (κ3) is 18.1. The minimum absolute atomic E-state index is 0.817. The molecule has 0 aromatic carbocycles. The second-order valence-electron chi connectivity index (χ2n) is 23.0. The molecule has 0 aromatic heterocycles. The lowest BCUT2D eigenvalue weighted by Crippen LogP contribution is -2.70. The van der Waals surface area contributed by atoms with Gasteiger partial charge in [0.15, 0.2) is 31.5 Å². The zero-order chi connectivity index (χ0) is 69.4. The van der Waals surface area contributed by atoms with E-state index in [1.807, 2.05) is 0 Å². The van der Waals surface area contributed by atoms with Gasteiger partial charge in [-0.3, -0.25) is 14.4 Å². The fourth-order valence-electron chi connectivity index (χ4n) is 11.3. The lowest BCUT2D eigenvalue weighted by molar-refractivity contribution is -0.379. The molecular weight excluding hydrogens is 1280 g/mol. The summed E-state index contributed by atoms with van der Waals surface area (Å²) in [6, 6.07) is -5.39. The second-order valence-corrected chi connectivity index (χ2v) is 23.0. The van der Waals surface area contributed by atoms with E-state index in [4.69, 9.17) is 56.8 Å². The maximum atomic E-state index is 12.9. The van der Waals surface area contributed by atoms with Crippen molar-refractivity contribution in [3.05, 3.63) is 0 Å². The highest BCUT2D eigenvalue weighted by atomic mass is 16.8. The summed E-state index contributed by atoms with van der Waals surface area (Å²) in [6.45, 7) is -6.05. The average Bonchev–Trinajstić information content (AvgIpc) is 0.786. The Hall–Kier alpha value is -3.48. The molecule has 0 radical (unpaired) electrons. The first kappa shape index (κ1) is 78.5. The van der Waals surface area contributed by atoms with Crippen molar-refractivity contribution in [1.82, 2.24) is 16.0 Å². The van der Waals surface area contributed by atoms with Crippen LogP contribution in [-0.2, 0) is 76.0 Å². The van der Waals surface area contributed by atoms with Crippen molar-refractivity contribution in [3.63, 3.8) is 0 Å². The molecule has 35 atom stereocenters. The van der Waals surface area contributed by atoms with Gasteiger partial charge < -0.3 is 190 Å². The van der Waals surface area contributed by atoms with Gasteiger partial charge in [0, 0.05) is 27.2 Å². The van der Waals surface area contributed by atoms with Crippen molar-refractivity contribution in [2.24, 2.45) is 0 Å². The Morgan fingerprint density at radius 2 is 0.892 bits per heavy atom. The number of ether oxygens (including phenoxy) is 12. The van der Waals surface area contributed by atoms with Gasteiger partial charge in [-0.05, 0) is 0 Å². The van der Waals surface area contributed by atoms with E-state index in [2.05, 4.69) is 16.0 Å². The van der Waals surface area contributed by atoms with Gasteiger partial charge >= 0.3 is 5.97 Å². The highest BCUT2D eigenvalue weighted by molar-refractivity contribution is 5.77. The molecule has 42 nitrogen and oxygen atoms in total. The normalized spacial score (nSPS) is 43.6. The Balaban J connectivity index is 1.27. The number of carboxylic acids is 1. The molecule has 0 aromatic rings. The van der Waals surface area contributed by atoms with Crippen LogP contribution in [-0.4, -0.2) is 408 Å². The van der Waals surface area contributed by atoms with Crippen LogP contribution in [0.5, 0.6) is 0 Å². The zero-order valence-electron chi connectivity index (χ0n) is 49.8. The number of aliphatic hydroxyl groups excluding tert-OH is 22. The third-order valence-corrected chi connectivity index (χ3v) is 16.3. The number of nitrogens with one attached hydrogen (secondary N) is 3. The number of carboxylic acid groups (broad SMARTS) is 1. The predicted molar refractivity (Wildman–Crippen MR) is 286 cm³/mol. The Bertz CT molecular complexity index is 2360. The van der Waals surface area contributed by atoms with Gasteiger partial charge in [0.1, 0.15) is 165 Å². The monoisotopic (exact) mass is 1370 g/mol. The Kier molecular flexibility index (Phi) is 29.0. The van der Waals surface area contributed by atoms with Gasteiger partial charge in [-0.2, -0.15) is 0 Å². The Morgan fingerprint density at radius 3 is 1.38 bits per heavy atom. The molecule has 0 spiro atoms. The van der Waals surface area contributed by atoms with Crippen molar-refractivity contribution in [2.45, 2.75) is 241 Å². The lowest BCUT2D eigenvalue weighted by atomic mass is 9.88. The molecule has 0 aliphatic carbocycles. The summed E-state index contributed by atoms with van der Waals surface area (Å²) in [5.74, 6) is -7.73. The van der Waals surface area contributed by atoms with E-state index in [1.54, 1.807) is 0 Å². The van der Waals surface area contributed by atoms with Gasteiger partial charge in [-0.1, -0.05) is 0 Å². The largest absolute Gasteiger partial charge is 0.477 e. The molecule has 6 heterocycles. The smallest absolute Gasteiger partial charge is 0.364 e. The summed E-state index contributed by atoms with van der Waals surface area (Å²) < 4.78 is 69.0. The first-order chi connectivity index (χ1) is 43.7. The number of carbonyl (C=O) groups excluding carboxylic acids is 3. The van der Waals surface area contributed by atoms with Crippen LogP contribution in [0.25, 0.3) is 0 Å².